The second kappa shape index (κ2) is 10.9. The van der Waals surface area contributed by atoms with Crippen molar-refractivity contribution < 1.29 is 19.4 Å². The minimum absolute atomic E-state index is 0.0341. The Labute approximate surface area is 166 Å². The summed E-state index contributed by atoms with van der Waals surface area (Å²) in [5, 5.41) is 15.8. The lowest BCUT2D eigenvalue weighted by Gasteiger charge is -2.28. The molecule has 0 aliphatic carbocycles. The highest BCUT2D eigenvalue weighted by Crippen LogP contribution is 2.31. The van der Waals surface area contributed by atoms with Crippen LogP contribution in [0.25, 0.3) is 0 Å². The molecule has 1 aromatic rings. The first-order valence-corrected chi connectivity index (χ1v) is 9.52. The Kier molecular flexibility index (Phi) is 8.53. The predicted octanol–water partition coefficient (Wildman–Crippen LogP) is 0.608. The number of guanidine groups is 1. The third kappa shape index (κ3) is 6.69. The average molecular weight is 393 g/mol. The highest BCUT2D eigenvalue weighted by Gasteiger charge is 2.34. The molecule has 28 heavy (non-hydrogen) atoms. The standard InChI is InChI=1S/C20H32N4O4/c1-24(2)18(26)13-22-19(21-12-16-4-6-17(27-3)7-5-16)23-14-20(8-10-25)9-11-28-15-20/h4-7,25H,8-15H2,1-3H3,(H2,21,22,23). The molecule has 156 valence electrons. The van der Waals surface area contributed by atoms with Gasteiger partial charge in [0.1, 0.15) is 5.75 Å². The Bertz CT molecular complexity index is 640. The van der Waals surface area contributed by atoms with Gasteiger partial charge in [-0.3, -0.25) is 4.79 Å². The molecule has 1 aliphatic rings. The monoisotopic (exact) mass is 392 g/mol. The van der Waals surface area contributed by atoms with Gasteiger partial charge < -0.3 is 30.1 Å². The SMILES string of the molecule is COc1ccc(CN=C(NCC(=O)N(C)C)NCC2(CCO)CCOC2)cc1. The summed E-state index contributed by atoms with van der Waals surface area (Å²) in [5.41, 5.74) is 0.929. The molecule has 1 aromatic carbocycles. The average Bonchev–Trinajstić information content (AvgIpc) is 3.16. The zero-order valence-corrected chi connectivity index (χ0v) is 17.0. The first kappa shape index (κ1) is 22.0. The molecule has 1 amide bonds. The smallest absolute Gasteiger partial charge is 0.241 e. The van der Waals surface area contributed by atoms with E-state index in [1.54, 1.807) is 21.2 Å². The maximum Gasteiger partial charge on any atom is 0.241 e. The van der Waals surface area contributed by atoms with Crippen LogP contribution in [0.5, 0.6) is 5.75 Å². The number of amides is 1. The second-order valence-electron chi connectivity index (χ2n) is 7.28. The summed E-state index contributed by atoms with van der Waals surface area (Å²) in [7, 11) is 5.07. The molecular formula is C20H32N4O4. The summed E-state index contributed by atoms with van der Waals surface area (Å²) >= 11 is 0. The van der Waals surface area contributed by atoms with Crippen molar-refractivity contribution in [3.8, 4) is 5.75 Å². The highest BCUT2D eigenvalue weighted by atomic mass is 16.5. The zero-order chi connectivity index (χ0) is 20.4. The van der Waals surface area contributed by atoms with Gasteiger partial charge in [-0.15, -0.1) is 0 Å². The summed E-state index contributed by atoms with van der Waals surface area (Å²) < 4.78 is 10.7. The van der Waals surface area contributed by atoms with E-state index in [-0.39, 0.29) is 24.5 Å². The van der Waals surface area contributed by atoms with Crippen molar-refractivity contribution >= 4 is 11.9 Å². The molecule has 1 atom stereocenters. The van der Waals surface area contributed by atoms with Crippen LogP contribution < -0.4 is 15.4 Å². The molecule has 0 spiro atoms. The number of nitrogens with zero attached hydrogens (tertiary/aromatic N) is 2. The maximum atomic E-state index is 11.9. The first-order valence-electron chi connectivity index (χ1n) is 9.52. The lowest BCUT2D eigenvalue weighted by Crippen LogP contribution is -2.47. The minimum Gasteiger partial charge on any atom is -0.497 e. The Balaban J connectivity index is 2.03. The molecule has 1 heterocycles. The van der Waals surface area contributed by atoms with Gasteiger partial charge in [0.2, 0.25) is 5.91 Å². The topological polar surface area (TPSA) is 95.4 Å². The van der Waals surface area contributed by atoms with E-state index >= 15 is 0 Å². The fourth-order valence-corrected chi connectivity index (χ4v) is 2.98. The molecular weight excluding hydrogens is 360 g/mol. The lowest BCUT2D eigenvalue weighted by atomic mass is 9.84. The third-order valence-corrected chi connectivity index (χ3v) is 4.94. The zero-order valence-electron chi connectivity index (χ0n) is 17.0. The van der Waals surface area contributed by atoms with Crippen LogP contribution in [0.1, 0.15) is 18.4 Å². The van der Waals surface area contributed by atoms with Crippen LogP contribution in [-0.4, -0.2) is 76.0 Å². The number of aliphatic imine (C=N–C) groups is 1. The number of carbonyl (C=O) groups is 1. The van der Waals surface area contributed by atoms with Crippen LogP contribution in [0.2, 0.25) is 0 Å². The van der Waals surface area contributed by atoms with E-state index < -0.39 is 0 Å². The van der Waals surface area contributed by atoms with Gasteiger partial charge in [-0.25, -0.2) is 4.99 Å². The van der Waals surface area contributed by atoms with Crippen molar-refractivity contribution in [3.05, 3.63) is 29.8 Å². The molecule has 0 radical (unpaired) electrons. The number of hydrogen-bond acceptors (Lipinski definition) is 5. The Morgan fingerprint density at radius 2 is 2.07 bits per heavy atom. The van der Waals surface area contributed by atoms with Crippen LogP contribution in [0.3, 0.4) is 0 Å². The van der Waals surface area contributed by atoms with Gasteiger partial charge in [-0.1, -0.05) is 12.1 Å². The van der Waals surface area contributed by atoms with Crippen molar-refractivity contribution in [2.24, 2.45) is 10.4 Å². The number of methoxy groups -OCH3 is 1. The molecule has 2 rings (SSSR count). The Morgan fingerprint density at radius 3 is 2.64 bits per heavy atom. The number of hydrogen-bond donors (Lipinski definition) is 3. The van der Waals surface area contributed by atoms with Crippen molar-refractivity contribution in [3.63, 3.8) is 0 Å². The van der Waals surface area contributed by atoms with Crippen molar-refractivity contribution in [2.75, 3.05) is 54.1 Å². The summed E-state index contributed by atoms with van der Waals surface area (Å²) in [5.74, 6) is 1.33. The predicted molar refractivity (Wildman–Crippen MR) is 108 cm³/mol. The molecule has 8 heteroatoms. The van der Waals surface area contributed by atoms with E-state index in [0.29, 0.717) is 38.7 Å². The van der Waals surface area contributed by atoms with Gasteiger partial charge in [0.15, 0.2) is 5.96 Å². The molecule has 0 saturated carbocycles. The number of ether oxygens (including phenoxy) is 2. The normalized spacial score (nSPS) is 19.4. The van der Waals surface area contributed by atoms with E-state index in [0.717, 1.165) is 17.7 Å². The van der Waals surface area contributed by atoms with Crippen LogP contribution in [0.4, 0.5) is 0 Å². The van der Waals surface area contributed by atoms with Gasteiger partial charge in [0.05, 0.1) is 26.8 Å². The van der Waals surface area contributed by atoms with E-state index in [2.05, 4.69) is 15.6 Å². The van der Waals surface area contributed by atoms with Crippen LogP contribution in [-0.2, 0) is 16.1 Å². The number of nitrogens with one attached hydrogen (secondary N) is 2. The number of benzene rings is 1. The first-order chi connectivity index (χ1) is 13.5. The Morgan fingerprint density at radius 1 is 1.32 bits per heavy atom. The van der Waals surface area contributed by atoms with Crippen molar-refractivity contribution in [2.45, 2.75) is 19.4 Å². The number of rotatable bonds is 9. The minimum atomic E-state index is -0.108. The molecule has 1 fully saturated rings. The quantitative estimate of drug-likeness (QED) is 0.421. The molecule has 1 aliphatic heterocycles. The van der Waals surface area contributed by atoms with E-state index in [4.69, 9.17) is 9.47 Å². The van der Waals surface area contributed by atoms with E-state index in [1.165, 1.54) is 4.90 Å². The molecule has 0 aromatic heterocycles. The van der Waals surface area contributed by atoms with Crippen LogP contribution >= 0.6 is 0 Å². The lowest BCUT2D eigenvalue weighted by molar-refractivity contribution is -0.127. The number of carbonyl (C=O) groups excluding carboxylic acids is 1. The fraction of sp³-hybridized carbons (Fsp3) is 0.600. The van der Waals surface area contributed by atoms with Crippen molar-refractivity contribution in [1.29, 1.82) is 0 Å². The summed E-state index contributed by atoms with van der Waals surface area (Å²) in [6, 6.07) is 7.71. The number of likely N-dealkylation sites (N-methyl/N-ethyl adjacent to an activating group) is 1. The fourth-order valence-electron chi connectivity index (χ4n) is 2.98. The van der Waals surface area contributed by atoms with Gasteiger partial charge >= 0.3 is 0 Å². The summed E-state index contributed by atoms with van der Waals surface area (Å²) in [4.78, 5) is 18.1. The molecule has 3 N–H and O–H groups in total. The van der Waals surface area contributed by atoms with E-state index in [1.807, 2.05) is 24.3 Å². The molecule has 8 nitrogen and oxygen atoms in total. The van der Waals surface area contributed by atoms with E-state index in [9.17, 15) is 9.90 Å². The molecule has 0 bridgehead atoms. The second-order valence-corrected chi connectivity index (χ2v) is 7.28. The number of aliphatic hydroxyl groups excluding tert-OH is 1. The molecule has 1 unspecified atom stereocenters. The maximum absolute atomic E-state index is 11.9. The van der Waals surface area contributed by atoms with Gasteiger partial charge in [0.25, 0.3) is 0 Å². The van der Waals surface area contributed by atoms with Gasteiger partial charge in [-0.2, -0.15) is 0 Å². The summed E-state index contributed by atoms with van der Waals surface area (Å²) in [6.07, 6.45) is 1.56. The van der Waals surface area contributed by atoms with Crippen molar-refractivity contribution in [1.82, 2.24) is 15.5 Å². The Hall–Kier alpha value is -2.32. The third-order valence-electron chi connectivity index (χ3n) is 4.94. The van der Waals surface area contributed by atoms with Gasteiger partial charge in [-0.05, 0) is 30.5 Å². The largest absolute Gasteiger partial charge is 0.497 e. The van der Waals surface area contributed by atoms with Gasteiger partial charge in [0, 0.05) is 39.3 Å². The summed E-state index contributed by atoms with van der Waals surface area (Å²) in [6.45, 7) is 2.69. The highest BCUT2D eigenvalue weighted by molar-refractivity contribution is 5.86. The van der Waals surface area contributed by atoms with Crippen LogP contribution in [0, 0.1) is 5.41 Å². The van der Waals surface area contributed by atoms with Crippen LogP contribution in [0.15, 0.2) is 29.3 Å². The molecule has 1 saturated heterocycles. The number of aliphatic hydroxyl groups is 1.